The summed E-state index contributed by atoms with van der Waals surface area (Å²) < 4.78 is 2.31. The molecule has 0 radical (unpaired) electrons. The number of thioether (sulfide) groups is 1. The number of hydrogen-bond acceptors (Lipinski definition) is 3. The Balaban J connectivity index is 1.60. The molecule has 1 fully saturated rings. The quantitative estimate of drug-likeness (QED) is 0.630. The number of benzene rings is 1. The number of rotatable bonds is 7. The van der Waals surface area contributed by atoms with Crippen LogP contribution in [0.4, 0.5) is 0 Å². The van der Waals surface area contributed by atoms with Crippen LogP contribution in [0.15, 0.2) is 29.4 Å². The summed E-state index contributed by atoms with van der Waals surface area (Å²) in [6, 6.07) is 8.60. The molecular formula is C20H29N3S. The lowest BCUT2D eigenvalue weighted by Crippen LogP contribution is -2.10. The molecule has 4 heteroatoms. The maximum atomic E-state index is 4.50. The van der Waals surface area contributed by atoms with Gasteiger partial charge in [0.05, 0.1) is 0 Å². The van der Waals surface area contributed by atoms with Crippen molar-refractivity contribution in [1.29, 1.82) is 0 Å². The summed E-state index contributed by atoms with van der Waals surface area (Å²) in [5.41, 5.74) is 2.74. The van der Waals surface area contributed by atoms with E-state index in [2.05, 4.69) is 52.9 Å². The zero-order valence-electron chi connectivity index (χ0n) is 15.0. The molecule has 0 N–H and O–H groups in total. The van der Waals surface area contributed by atoms with Crippen molar-refractivity contribution >= 4 is 11.8 Å². The minimum absolute atomic E-state index is 0.906. The fraction of sp³-hybridized carbons (Fsp3) is 0.600. The molecule has 1 aliphatic rings. The predicted molar refractivity (Wildman–Crippen MR) is 101 cm³/mol. The highest BCUT2D eigenvalue weighted by Crippen LogP contribution is 2.28. The molecule has 0 aliphatic heterocycles. The molecule has 1 aromatic carbocycles. The first kappa shape index (κ1) is 17.5. The molecule has 1 aliphatic carbocycles. The van der Waals surface area contributed by atoms with Gasteiger partial charge >= 0.3 is 0 Å². The van der Waals surface area contributed by atoms with Gasteiger partial charge in [-0.3, -0.25) is 0 Å². The Kier molecular flexibility index (Phi) is 6.36. The number of nitrogens with zero attached hydrogens (tertiary/aromatic N) is 3. The maximum absolute atomic E-state index is 4.50. The zero-order chi connectivity index (χ0) is 16.8. The van der Waals surface area contributed by atoms with E-state index in [9.17, 15) is 0 Å². The maximum Gasteiger partial charge on any atom is 0.191 e. The molecule has 24 heavy (non-hydrogen) atoms. The van der Waals surface area contributed by atoms with Gasteiger partial charge in [-0.05, 0) is 37.3 Å². The third-order valence-electron chi connectivity index (χ3n) is 5.23. The van der Waals surface area contributed by atoms with Gasteiger partial charge in [-0.15, -0.1) is 10.2 Å². The van der Waals surface area contributed by atoms with Gasteiger partial charge in [0.1, 0.15) is 5.82 Å². The molecule has 3 nitrogen and oxygen atoms in total. The third kappa shape index (κ3) is 4.41. The summed E-state index contributed by atoms with van der Waals surface area (Å²) in [6.45, 7) is 5.34. The molecule has 0 amide bonds. The molecule has 0 saturated heterocycles. The van der Waals surface area contributed by atoms with E-state index >= 15 is 0 Å². The summed E-state index contributed by atoms with van der Waals surface area (Å²) in [5, 5.41) is 10.0. The van der Waals surface area contributed by atoms with Gasteiger partial charge in [-0.25, -0.2) is 0 Å². The monoisotopic (exact) mass is 343 g/mol. The van der Waals surface area contributed by atoms with Crippen molar-refractivity contribution in [1.82, 2.24) is 14.8 Å². The summed E-state index contributed by atoms with van der Waals surface area (Å²) in [7, 11) is 0. The van der Waals surface area contributed by atoms with Crippen LogP contribution < -0.4 is 0 Å². The molecule has 0 spiro atoms. The standard InChI is InChI=1S/C20H29N3S/c1-3-23-19(14-13-17-10-5-4-6-11-17)21-22-20(23)24-15-18-12-8-7-9-16(18)2/h7-9,12,17H,3-6,10-11,13-15H2,1-2H3. The topological polar surface area (TPSA) is 30.7 Å². The van der Waals surface area contributed by atoms with Crippen LogP contribution in [-0.2, 0) is 18.7 Å². The Hall–Kier alpha value is -1.29. The van der Waals surface area contributed by atoms with Crippen molar-refractivity contribution < 1.29 is 0 Å². The third-order valence-corrected chi connectivity index (χ3v) is 6.24. The molecule has 3 rings (SSSR count). The Bertz CT molecular complexity index is 644. The average molecular weight is 344 g/mol. The van der Waals surface area contributed by atoms with Crippen molar-refractivity contribution in [2.24, 2.45) is 5.92 Å². The molecule has 1 aromatic heterocycles. The normalized spacial score (nSPS) is 15.8. The van der Waals surface area contributed by atoms with Crippen LogP contribution in [0.3, 0.4) is 0 Å². The van der Waals surface area contributed by atoms with Gasteiger partial charge in [0.25, 0.3) is 0 Å². The average Bonchev–Trinajstić information content (AvgIpc) is 3.02. The van der Waals surface area contributed by atoms with E-state index in [1.807, 2.05) is 11.8 Å². The van der Waals surface area contributed by atoms with Gasteiger partial charge in [-0.1, -0.05) is 68.1 Å². The number of aromatic nitrogens is 3. The van der Waals surface area contributed by atoms with E-state index in [0.29, 0.717) is 0 Å². The summed E-state index contributed by atoms with van der Waals surface area (Å²) in [4.78, 5) is 0. The first-order chi connectivity index (χ1) is 11.8. The molecule has 0 atom stereocenters. The van der Waals surface area contributed by atoms with E-state index < -0.39 is 0 Å². The highest BCUT2D eigenvalue weighted by atomic mass is 32.2. The largest absolute Gasteiger partial charge is 0.306 e. The minimum atomic E-state index is 0.906. The van der Waals surface area contributed by atoms with Crippen molar-refractivity contribution in [2.75, 3.05) is 0 Å². The minimum Gasteiger partial charge on any atom is -0.306 e. The predicted octanol–water partition coefficient (Wildman–Crippen LogP) is 5.41. The highest BCUT2D eigenvalue weighted by molar-refractivity contribution is 7.98. The van der Waals surface area contributed by atoms with E-state index in [4.69, 9.17) is 0 Å². The van der Waals surface area contributed by atoms with Crippen LogP contribution in [0.5, 0.6) is 0 Å². The Morgan fingerprint density at radius 1 is 1.12 bits per heavy atom. The van der Waals surface area contributed by atoms with Gasteiger partial charge < -0.3 is 4.57 Å². The smallest absolute Gasteiger partial charge is 0.191 e. The van der Waals surface area contributed by atoms with Crippen molar-refractivity contribution in [3.8, 4) is 0 Å². The van der Waals surface area contributed by atoms with Gasteiger partial charge in [0.2, 0.25) is 0 Å². The van der Waals surface area contributed by atoms with Crippen molar-refractivity contribution in [2.45, 2.75) is 76.2 Å². The zero-order valence-corrected chi connectivity index (χ0v) is 15.8. The highest BCUT2D eigenvalue weighted by Gasteiger charge is 2.16. The molecule has 0 unspecified atom stereocenters. The van der Waals surface area contributed by atoms with Crippen molar-refractivity contribution in [3.05, 3.63) is 41.2 Å². The van der Waals surface area contributed by atoms with Crippen LogP contribution in [0.1, 0.15) is 62.4 Å². The molecule has 1 heterocycles. The summed E-state index contributed by atoms with van der Waals surface area (Å²) in [6.07, 6.45) is 9.45. The van der Waals surface area contributed by atoms with Crippen LogP contribution in [0.25, 0.3) is 0 Å². The fourth-order valence-corrected chi connectivity index (χ4v) is 4.75. The Morgan fingerprint density at radius 2 is 1.92 bits per heavy atom. The summed E-state index contributed by atoms with van der Waals surface area (Å²) in [5.74, 6) is 3.05. The van der Waals surface area contributed by atoms with E-state index in [1.54, 1.807) is 0 Å². The van der Waals surface area contributed by atoms with E-state index in [-0.39, 0.29) is 0 Å². The molecule has 130 valence electrons. The first-order valence-corrected chi connectivity index (χ1v) is 10.4. The Morgan fingerprint density at radius 3 is 2.67 bits per heavy atom. The summed E-state index contributed by atoms with van der Waals surface area (Å²) >= 11 is 1.81. The molecule has 2 aromatic rings. The van der Waals surface area contributed by atoms with E-state index in [1.165, 1.54) is 55.5 Å². The second-order valence-corrected chi connectivity index (χ2v) is 7.84. The second-order valence-electron chi connectivity index (χ2n) is 6.90. The van der Waals surface area contributed by atoms with E-state index in [0.717, 1.165) is 29.8 Å². The van der Waals surface area contributed by atoms with Crippen LogP contribution >= 0.6 is 11.8 Å². The Labute approximate surface area is 150 Å². The van der Waals surface area contributed by atoms with Crippen LogP contribution in [-0.4, -0.2) is 14.8 Å². The first-order valence-electron chi connectivity index (χ1n) is 9.37. The number of hydrogen-bond donors (Lipinski definition) is 0. The van der Waals surface area contributed by atoms with Gasteiger partial charge in [0, 0.05) is 18.7 Å². The molecule has 0 bridgehead atoms. The molecular weight excluding hydrogens is 314 g/mol. The SMILES string of the molecule is CCn1c(CCC2CCCCC2)nnc1SCc1ccccc1C. The lowest BCUT2D eigenvalue weighted by molar-refractivity contribution is 0.335. The van der Waals surface area contributed by atoms with Gasteiger partial charge in [-0.2, -0.15) is 0 Å². The number of aryl methyl sites for hydroxylation is 2. The fourth-order valence-electron chi connectivity index (χ4n) is 3.65. The molecule has 1 saturated carbocycles. The second kappa shape index (κ2) is 8.70. The van der Waals surface area contributed by atoms with Crippen LogP contribution in [0, 0.1) is 12.8 Å². The van der Waals surface area contributed by atoms with Gasteiger partial charge in [0.15, 0.2) is 5.16 Å². The van der Waals surface area contributed by atoms with Crippen LogP contribution in [0.2, 0.25) is 0 Å². The lowest BCUT2D eigenvalue weighted by atomic mass is 9.86. The lowest BCUT2D eigenvalue weighted by Gasteiger charge is -2.21. The van der Waals surface area contributed by atoms with Crippen molar-refractivity contribution in [3.63, 3.8) is 0 Å².